The molecule has 120 valence electrons. The van der Waals surface area contributed by atoms with Gasteiger partial charge in [0, 0.05) is 23.0 Å². The number of quaternary nitrogens is 1. The normalized spacial score (nSPS) is 16.3. The summed E-state index contributed by atoms with van der Waals surface area (Å²) >= 11 is 3.33. The number of carbonyl (C=O) groups excluding carboxylic acids is 2. The van der Waals surface area contributed by atoms with E-state index in [9.17, 15) is 9.59 Å². The van der Waals surface area contributed by atoms with Gasteiger partial charge in [-0.3, -0.25) is 15.0 Å². The fraction of sp³-hybridized carbons (Fsp3) is 0.467. The number of likely N-dealkylation sites (N-methyl/N-ethyl adjacent to an activating group) is 1. The molecule has 0 aromatic heterocycles. The molecule has 1 aliphatic rings. The van der Waals surface area contributed by atoms with Crippen LogP contribution in [0.2, 0.25) is 0 Å². The zero-order valence-corrected chi connectivity index (χ0v) is 14.3. The predicted octanol–water partition coefficient (Wildman–Crippen LogP) is -0.569. The van der Waals surface area contributed by atoms with Crippen LogP contribution < -0.4 is 15.6 Å². The number of nitrogens with zero attached hydrogens (tertiary/aromatic N) is 1. The Labute approximate surface area is 138 Å². The van der Waals surface area contributed by atoms with Crippen LogP contribution in [0.4, 0.5) is 0 Å². The number of nitrogens with one attached hydrogen (secondary N) is 3. The van der Waals surface area contributed by atoms with E-state index < -0.39 is 0 Å². The van der Waals surface area contributed by atoms with Crippen molar-refractivity contribution < 1.29 is 14.5 Å². The Morgan fingerprint density at radius 1 is 1.23 bits per heavy atom. The predicted molar refractivity (Wildman–Crippen MR) is 87.4 cm³/mol. The minimum atomic E-state index is -0.163. The van der Waals surface area contributed by atoms with Gasteiger partial charge in [-0.1, -0.05) is 15.9 Å². The quantitative estimate of drug-likeness (QED) is 0.651. The lowest BCUT2D eigenvalue weighted by Gasteiger charge is -2.30. The molecule has 0 aliphatic carbocycles. The third-order valence-corrected chi connectivity index (χ3v) is 4.17. The monoisotopic (exact) mass is 369 g/mol. The Bertz CT molecular complexity index is 513. The third kappa shape index (κ3) is 5.40. The summed E-state index contributed by atoms with van der Waals surface area (Å²) in [6.07, 6.45) is 0.279. The molecule has 1 saturated heterocycles. The standard InChI is InChI=1S/C15H21BrN4O2/c1-19-8-10-20(11-9-19)18-14(21)6-7-17-15(22)12-2-4-13(16)5-3-12/h2-5H,6-11H2,1H3,(H,17,22)(H,18,21)/p+1. The van der Waals surface area contributed by atoms with Gasteiger partial charge < -0.3 is 10.2 Å². The van der Waals surface area contributed by atoms with Gasteiger partial charge in [-0.05, 0) is 24.3 Å². The van der Waals surface area contributed by atoms with Crippen molar-refractivity contribution in [2.75, 3.05) is 39.8 Å². The molecule has 0 atom stereocenters. The topological polar surface area (TPSA) is 65.9 Å². The maximum atomic E-state index is 11.9. The highest BCUT2D eigenvalue weighted by Crippen LogP contribution is 2.10. The third-order valence-electron chi connectivity index (χ3n) is 3.64. The molecule has 0 bridgehead atoms. The molecular formula is C15H22BrN4O2+. The van der Waals surface area contributed by atoms with Gasteiger partial charge in [0.25, 0.3) is 5.91 Å². The number of amides is 2. The van der Waals surface area contributed by atoms with Gasteiger partial charge in [0.05, 0.1) is 33.2 Å². The van der Waals surface area contributed by atoms with E-state index in [2.05, 4.69) is 33.7 Å². The van der Waals surface area contributed by atoms with Crippen LogP contribution in [0.5, 0.6) is 0 Å². The fourth-order valence-electron chi connectivity index (χ4n) is 2.23. The van der Waals surface area contributed by atoms with E-state index in [1.165, 1.54) is 4.90 Å². The molecule has 1 aromatic rings. The highest BCUT2D eigenvalue weighted by Gasteiger charge is 2.18. The van der Waals surface area contributed by atoms with Crippen LogP contribution in [0, 0.1) is 0 Å². The Morgan fingerprint density at radius 2 is 1.86 bits per heavy atom. The fourth-order valence-corrected chi connectivity index (χ4v) is 2.49. The van der Waals surface area contributed by atoms with Gasteiger partial charge in [-0.15, -0.1) is 0 Å². The van der Waals surface area contributed by atoms with E-state index in [0.29, 0.717) is 12.1 Å². The average Bonchev–Trinajstić information content (AvgIpc) is 2.50. The van der Waals surface area contributed by atoms with Crippen molar-refractivity contribution in [2.24, 2.45) is 0 Å². The van der Waals surface area contributed by atoms with E-state index >= 15 is 0 Å². The van der Waals surface area contributed by atoms with Crippen LogP contribution in [0.1, 0.15) is 16.8 Å². The molecule has 0 spiro atoms. The summed E-state index contributed by atoms with van der Waals surface area (Å²) in [6.45, 7) is 4.12. The second kappa shape index (κ2) is 8.26. The van der Waals surface area contributed by atoms with Crippen LogP contribution in [-0.2, 0) is 4.79 Å². The molecule has 1 aliphatic heterocycles. The highest BCUT2D eigenvalue weighted by atomic mass is 79.9. The molecule has 0 unspecified atom stereocenters. The maximum absolute atomic E-state index is 11.9. The number of rotatable bonds is 5. The second-order valence-corrected chi connectivity index (χ2v) is 6.41. The summed E-state index contributed by atoms with van der Waals surface area (Å²) in [5.74, 6) is -0.223. The minimum absolute atomic E-state index is 0.0596. The van der Waals surface area contributed by atoms with Crippen molar-refractivity contribution in [2.45, 2.75) is 6.42 Å². The molecule has 3 N–H and O–H groups in total. The van der Waals surface area contributed by atoms with Gasteiger partial charge in [0.2, 0.25) is 5.91 Å². The molecule has 1 aromatic carbocycles. The molecule has 7 heteroatoms. The van der Waals surface area contributed by atoms with Crippen LogP contribution in [0.3, 0.4) is 0 Å². The molecular weight excluding hydrogens is 348 g/mol. The number of halogens is 1. The number of carbonyl (C=O) groups is 2. The van der Waals surface area contributed by atoms with Crippen LogP contribution >= 0.6 is 15.9 Å². The largest absolute Gasteiger partial charge is 0.352 e. The Kier molecular flexibility index (Phi) is 6.35. The minimum Gasteiger partial charge on any atom is -0.352 e. The lowest BCUT2D eigenvalue weighted by Crippen LogP contribution is -3.12. The molecule has 2 amide bonds. The zero-order chi connectivity index (χ0) is 15.9. The van der Waals surface area contributed by atoms with E-state index in [1.807, 2.05) is 17.1 Å². The Hall–Kier alpha value is -1.44. The SMILES string of the molecule is C[NH+]1CCN(NC(=O)CCNC(=O)c2ccc(Br)cc2)CC1. The summed E-state index contributed by atoms with van der Waals surface area (Å²) in [5, 5.41) is 4.71. The number of hydrazine groups is 1. The lowest BCUT2D eigenvalue weighted by atomic mass is 10.2. The molecule has 0 radical (unpaired) electrons. The first kappa shape index (κ1) is 16.9. The van der Waals surface area contributed by atoms with Crippen molar-refractivity contribution in [3.63, 3.8) is 0 Å². The first-order valence-electron chi connectivity index (χ1n) is 7.44. The first-order valence-corrected chi connectivity index (χ1v) is 8.23. The summed E-state index contributed by atoms with van der Waals surface area (Å²) < 4.78 is 0.928. The Balaban J connectivity index is 1.66. The van der Waals surface area contributed by atoms with Crippen LogP contribution in [0.15, 0.2) is 28.7 Å². The molecule has 22 heavy (non-hydrogen) atoms. The molecule has 6 nitrogen and oxygen atoms in total. The van der Waals surface area contributed by atoms with Crippen molar-refractivity contribution >= 4 is 27.7 Å². The molecule has 1 fully saturated rings. The van der Waals surface area contributed by atoms with Gasteiger partial charge in [-0.2, -0.15) is 0 Å². The molecule has 2 rings (SSSR count). The number of piperazine rings is 1. The van der Waals surface area contributed by atoms with E-state index in [4.69, 9.17) is 0 Å². The van der Waals surface area contributed by atoms with Gasteiger partial charge in [0.15, 0.2) is 0 Å². The average molecular weight is 370 g/mol. The first-order chi connectivity index (χ1) is 10.5. The highest BCUT2D eigenvalue weighted by molar-refractivity contribution is 9.10. The summed E-state index contributed by atoms with van der Waals surface area (Å²) in [4.78, 5) is 25.2. The van der Waals surface area contributed by atoms with Crippen molar-refractivity contribution in [3.05, 3.63) is 34.3 Å². The summed E-state index contributed by atoms with van der Waals surface area (Å²) in [6, 6.07) is 7.12. The molecule has 0 saturated carbocycles. The van der Waals surface area contributed by atoms with E-state index in [-0.39, 0.29) is 18.2 Å². The zero-order valence-electron chi connectivity index (χ0n) is 12.7. The number of hydrogen-bond donors (Lipinski definition) is 3. The van der Waals surface area contributed by atoms with Gasteiger partial charge in [0.1, 0.15) is 0 Å². The van der Waals surface area contributed by atoms with E-state index in [0.717, 1.165) is 30.7 Å². The van der Waals surface area contributed by atoms with Gasteiger partial charge in [-0.25, -0.2) is 5.01 Å². The lowest BCUT2D eigenvalue weighted by molar-refractivity contribution is -0.884. The number of hydrogen-bond acceptors (Lipinski definition) is 3. The van der Waals surface area contributed by atoms with Crippen LogP contribution in [0.25, 0.3) is 0 Å². The second-order valence-electron chi connectivity index (χ2n) is 5.49. The van der Waals surface area contributed by atoms with E-state index in [1.54, 1.807) is 12.1 Å². The summed E-state index contributed by atoms with van der Waals surface area (Å²) in [5.41, 5.74) is 3.47. The van der Waals surface area contributed by atoms with Crippen LogP contribution in [-0.4, -0.2) is 56.6 Å². The smallest absolute Gasteiger partial charge is 0.251 e. The molecule has 1 heterocycles. The Morgan fingerprint density at radius 3 is 2.50 bits per heavy atom. The number of benzene rings is 1. The van der Waals surface area contributed by atoms with Crippen molar-refractivity contribution in [1.82, 2.24) is 15.8 Å². The maximum Gasteiger partial charge on any atom is 0.251 e. The van der Waals surface area contributed by atoms with Gasteiger partial charge >= 0.3 is 0 Å². The van der Waals surface area contributed by atoms with Crippen molar-refractivity contribution in [1.29, 1.82) is 0 Å². The summed E-state index contributed by atoms with van der Waals surface area (Å²) in [7, 11) is 2.15. The van der Waals surface area contributed by atoms with Crippen molar-refractivity contribution in [3.8, 4) is 0 Å².